The second-order valence-corrected chi connectivity index (χ2v) is 7.08. The van der Waals surface area contributed by atoms with Gasteiger partial charge in [-0.15, -0.1) is 0 Å². The molecule has 0 aromatic heterocycles. The van der Waals surface area contributed by atoms with Crippen LogP contribution in [0.4, 0.5) is 0 Å². The molecule has 0 radical (unpaired) electrons. The topological polar surface area (TPSA) is 58.5 Å². The van der Waals surface area contributed by atoms with Gasteiger partial charge in [-0.25, -0.2) is 0 Å². The molecule has 4 heteroatoms. The molecule has 5 aliphatic rings. The minimum atomic E-state index is -0.618. The van der Waals surface area contributed by atoms with Gasteiger partial charge in [-0.3, -0.25) is 14.6 Å². The van der Waals surface area contributed by atoms with Crippen molar-refractivity contribution in [2.45, 2.75) is 44.1 Å². The van der Waals surface area contributed by atoms with Gasteiger partial charge < -0.3 is 5.32 Å². The summed E-state index contributed by atoms with van der Waals surface area (Å²) in [4.78, 5) is 28.0. The lowest BCUT2D eigenvalue weighted by atomic mass is 9.53. The summed E-state index contributed by atoms with van der Waals surface area (Å²) in [6.45, 7) is 0.177. The molecule has 1 unspecified atom stereocenters. The van der Waals surface area contributed by atoms with Crippen molar-refractivity contribution in [1.82, 2.24) is 5.32 Å². The number of ketones is 1. The van der Waals surface area contributed by atoms with E-state index in [2.05, 4.69) is 5.32 Å². The maximum Gasteiger partial charge on any atom is 0.236 e. The molecule has 4 saturated carbocycles. The summed E-state index contributed by atoms with van der Waals surface area (Å²) in [6.07, 6.45) is 9.36. The normalized spacial score (nSPS) is 48.2. The van der Waals surface area contributed by atoms with E-state index in [9.17, 15) is 9.59 Å². The Bertz CT molecular complexity index is 417. The Hall–Kier alpha value is -1.19. The average molecular weight is 260 g/mol. The fourth-order valence-electron chi connectivity index (χ4n) is 5.15. The number of hydrogen-bond acceptors (Lipinski definition) is 3. The van der Waals surface area contributed by atoms with Gasteiger partial charge in [-0.05, 0) is 56.3 Å². The van der Waals surface area contributed by atoms with Crippen molar-refractivity contribution in [3.8, 4) is 0 Å². The Balaban J connectivity index is 1.56. The predicted molar refractivity (Wildman–Crippen MR) is 70.9 cm³/mol. The van der Waals surface area contributed by atoms with E-state index in [1.54, 1.807) is 6.21 Å². The monoisotopic (exact) mass is 260 g/mol. The molecule has 19 heavy (non-hydrogen) atoms. The first-order valence-electron chi connectivity index (χ1n) is 7.49. The van der Waals surface area contributed by atoms with E-state index in [0.717, 1.165) is 17.8 Å². The molecule has 1 heterocycles. The molecule has 1 atom stereocenters. The Kier molecular flexibility index (Phi) is 2.39. The number of nitrogens with zero attached hydrogens (tertiary/aromatic N) is 1. The minimum Gasteiger partial charge on any atom is -0.348 e. The summed E-state index contributed by atoms with van der Waals surface area (Å²) >= 11 is 0. The van der Waals surface area contributed by atoms with Crippen LogP contribution in [0.2, 0.25) is 0 Å². The molecule has 102 valence electrons. The number of Topliss-reactive ketones (excluding diaryl/α,β-unsaturated/α-hetero) is 1. The zero-order chi connectivity index (χ0) is 13.0. The number of hydrogen-bond donors (Lipinski definition) is 1. The fourth-order valence-corrected chi connectivity index (χ4v) is 5.15. The van der Waals surface area contributed by atoms with Crippen LogP contribution in [0.15, 0.2) is 4.99 Å². The highest BCUT2D eigenvalue weighted by Crippen LogP contribution is 2.57. The molecular weight excluding hydrogens is 240 g/mol. The van der Waals surface area contributed by atoms with Crippen molar-refractivity contribution < 1.29 is 9.59 Å². The Morgan fingerprint density at radius 1 is 1.05 bits per heavy atom. The van der Waals surface area contributed by atoms with Gasteiger partial charge in [0.2, 0.25) is 5.91 Å². The second kappa shape index (κ2) is 3.90. The molecule has 5 rings (SSSR count). The number of nitrogens with one attached hydrogen (secondary N) is 1. The first-order chi connectivity index (χ1) is 9.13. The number of carbonyl (C=O) groups is 2. The Morgan fingerprint density at radius 2 is 1.63 bits per heavy atom. The second-order valence-electron chi connectivity index (χ2n) is 7.08. The summed E-state index contributed by atoms with van der Waals surface area (Å²) in [5, 5.41) is 2.60. The number of amides is 1. The standard InChI is InChI=1S/C15H20N2O2/c18-13-8-16-14(19)12(13)7-17-15-4-9-1-10(5-15)3-11(2-9)6-15/h7,9-12H,1-6,8H2,(H,16,19). The zero-order valence-electron chi connectivity index (χ0n) is 11.1. The third-order valence-electron chi connectivity index (χ3n) is 5.57. The summed E-state index contributed by atoms with van der Waals surface area (Å²) in [6, 6.07) is 0. The van der Waals surface area contributed by atoms with Crippen LogP contribution in [0.3, 0.4) is 0 Å². The maximum atomic E-state index is 11.6. The van der Waals surface area contributed by atoms with Crippen LogP contribution in [0.25, 0.3) is 0 Å². The van der Waals surface area contributed by atoms with E-state index in [1.807, 2.05) is 0 Å². The van der Waals surface area contributed by atoms with E-state index >= 15 is 0 Å². The molecule has 4 aliphatic carbocycles. The lowest BCUT2D eigenvalue weighted by Gasteiger charge is -2.55. The molecule has 0 aromatic carbocycles. The van der Waals surface area contributed by atoms with Crippen LogP contribution in [0.1, 0.15) is 38.5 Å². The van der Waals surface area contributed by atoms with Gasteiger partial charge in [0.15, 0.2) is 5.78 Å². The third kappa shape index (κ3) is 1.84. The van der Waals surface area contributed by atoms with Crippen molar-refractivity contribution >= 4 is 17.9 Å². The zero-order valence-corrected chi connectivity index (χ0v) is 11.1. The molecule has 0 aromatic rings. The molecule has 5 fully saturated rings. The molecule has 1 N–H and O–H groups in total. The van der Waals surface area contributed by atoms with Gasteiger partial charge in [0.05, 0.1) is 12.1 Å². The number of carbonyl (C=O) groups excluding carboxylic acids is 2. The van der Waals surface area contributed by atoms with Crippen LogP contribution in [0, 0.1) is 23.7 Å². The van der Waals surface area contributed by atoms with E-state index in [1.165, 1.54) is 38.5 Å². The van der Waals surface area contributed by atoms with E-state index in [0.29, 0.717) is 0 Å². The van der Waals surface area contributed by atoms with E-state index in [-0.39, 0.29) is 23.8 Å². The largest absolute Gasteiger partial charge is 0.348 e. The van der Waals surface area contributed by atoms with Crippen molar-refractivity contribution in [3.05, 3.63) is 0 Å². The Labute approximate surface area is 113 Å². The van der Waals surface area contributed by atoms with Crippen LogP contribution in [-0.4, -0.2) is 30.0 Å². The van der Waals surface area contributed by atoms with Gasteiger partial charge in [-0.1, -0.05) is 0 Å². The van der Waals surface area contributed by atoms with Gasteiger partial charge in [-0.2, -0.15) is 0 Å². The quantitative estimate of drug-likeness (QED) is 0.601. The average Bonchev–Trinajstić information content (AvgIpc) is 2.65. The van der Waals surface area contributed by atoms with Crippen LogP contribution in [0.5, 0.6) is 0 Å². The minimum absolute atomic E-state index is 0.0292. The third-order valence-corrected chi connectivity index (χ3v) is 5.57. The van der Waals surface area contributed by atoms with Crippen molar-refractivity contribution in [2.24, 2.45) is 28.7 Å². The van der Waals surface area contributed by atoms with Gasteiger partial charge in [0, 0.05) is 6.21 Å². The van der Waals surface area contributed by atoms with Gasteiger partial charge in [0.1, 0.15) is 5.92 Å². The van der Waals surface area contributed by atoms with Crippen molar-refractivity contribution in [2.75, 3.05) is 6.54 Å². The molecule has 0 spiro atoms. The summed E-state index contributed by atoms with van der Waals surface area (Å²) in [5.41, 5.74) is 0.0674. The lowest BCUT2D eigenvalue weighted by molar-refractivity contribution is -0.124. The summed E-state index contributed by atoms with van der Waals surface area (Å²) in [5.74, 6) is 1.72. The molecule has 1 saturated heterocycles. The van der Waals surface area contributed by atoms with Crippen LogP contribution in [-0.2, 0) is 9.59 Å². The van der Waals surface area contributed by atoms with Crippen molar-refractivity contribution in [3.63, 3.8) is 0 Å². The summed E-state index contributed by atoms with van der Waals surface area (Å²) < 4.78 is 0. The smallest absolute Gasteiger partial charge is 0.236 e. The number of aliphatic imine (C=N–C) groups is 1. The highest BCUT2D eigenvalue weighted by molar-refractivity contribution is 6.18. The van der Waals surface area contributed by atoms with Gasteiger partial charge >= 0.3 is 0 Å². The predicted octanol–water partition coefficient (Wildman–Crippen LogP) is 1.34. The highest BCUT2D eigenvalue weighted by atomic mass is 16.2. The van der Waals surface area contributed by atoms with Crippen molar-refractivity contribution in [1.29, 1.82) is 0 Å². The fraction of sp³-hybridized carbons (Fsp3) is 0.800. The molecule has 4 bridgehead atoms. The first kappa shape index (κ1) is 11.6. The molecule has 1 aliphatic heterocycles. The molecule has 1 amide bonds. The van der Waals surface area contributed by atoms with E-state index < -0.39 is 5.92 Å². The highest BCUT2D eigenvalue weighted by Gasteiger charge is 2.51. The van der Waals surface area contributed by atoms with Crippen LogP contribution >= 0.6 is 0 Å². The Morgan fingerprint density at radius 3 is 2.11 bits per heavy atom. The lowest BCUT2D eigenvalue weighted by Crippen LogP contribution is -2.49. The number of rotatable bonds is 2. The molecule has 4 nitrogen and oxygen atoms in total. The van der Waals surface area contributed by atoms with E-state index in [4.69, 9.17) is 4.99 Å². The SMILES string of the molecule is O=C1CNC(=O)C1C=NC12CC3CC(CC(C3)C1)C2. The molecular formula is C15H20N2O2. The summed E-state index contributed by atoms with van der Waals surface area (Å²) in [7, 11) is 0. The first-order valence-corrected chi connectivity index (χ1v) is 7.49. The van der Waals surface area contributed by atoms with Crippen LogP contribution < -0.4 is 5.32 Å². The van der Waals surface area contributed by atoms with Gasteiger partial charge in [0.25, 0.3) is 0 Å². The maximum absolute atomic E-state index is 11.6.